The molecule has 0 spiro atoms. The molecule has 0 rings (SSSR count). The number of hydrogen-bond acceptors (Lipinski definition) is 2. The van der Waals surface area contributed by atoms with Crippen LogP contribution >= 0.6 is 0 Å². The zero-order valence-corrected chi connectivity index (χ0v) is 13.7. The molecule has 3 heteroatoms. The molecule has 0 aliphatic rings. The smallest absolute Gasteiger partial charge is 0.332 e. The average molecular weight is 298 g/mol. The van der Waals surface area contributed by atoms with E-state index in [1.165, 1.54) is 51.4 Å². The van der Waals surface area contributed by atoms with E-state index in [1.54, 1.807) is 0 Å². The van der Waals surface area contributed by atoms with Gasteiger partial charge < -0.3 is 10.2 Å². The van der Waals surface area contributed by atoms with Crippen LogP contribution in [0.15, 0.2) is 12.2 Å². The molecule has 0 amide bonds. The van der Waals surface area contributed by atoms with E-state index < -0.39 is 12.1 Å². The van der Waals surface area contributed by atoms with Crippen molar-refractivity contribution in [2.75, 3.05) is 0 Å². The first kappa shape index (κ1) is 20.2. The van der Waals surface area contributed by atoms with Crippen molar-refractivity contribution in [1.29, 1.82) is 0 Å². The third-order valence-corrected chi connectivity index (χ3v) is 3.77. The summed E-state index contributed by atoms with van der Waals surface area (Å²) < 4.78 is 0. The molecule has 0 radical (unpaired) electrons. The lowest BCUT2D eigenvalue weighted by Gasteiger charge is -2.03. The van der Waals surface area contributed by atoms with E-state index in [2.05, 4.69) is 19.1 Å². The first-order valence-electron chi connectivity index (χ1n) is 8.74. The lowest BCUT2D eigenvalue weighted by Crippen LogP contribution is -2.18. The molecule has 0 aromatic rings. The second kappa shape index (κ2) is 15.6. The van der Waals surface area contributed by atoms with Gasteiger partial charge in [-0.3, -0.25) is 0 Å². The van der Waals surface area contributed by atoms with Gasteiger partial charge in [-0.25, -0.2) is 4.79 Å². The molecule has 0 saturated carbocycles. The van der Waals surface area contributed by atoms with Gasteiger partial charge in [-0.05, 0) is 32.1 Å². The first-order chi connectivity index (χ1) is 10.2. The van der Waals surface area contributed by atoms with Crippen molar-refractivity contribution >= 4 is 5.97 Å². The Balaban J connectivity index is 3.17. The molecular formula is C18H34O3. The molecule has 0 aromatic carbocycles. The van der Waals surface area contributed by atoms with E-state index in [4.69, 9.17) is 10.2 Å². The normalized spacial score (nSPS) is 12.9. The lowest BCUT2D eigenvalue weighted by atomic mass is 10.1. The largest absolute Gasteiger partial charge is 0.479 e. The number of carboxylic acid groups (broad SMARTS) is 1. The Hall–Kier alpha value is -0.830. The van der Waals surface area contributed by atoms with Crippen molar-refractivity contribution in [3.63, 3.8) is 0 Å². The van der Waals surface area contributed by atoms with Crippen molar-refractivity contribution in [2.24, 2.45) is 0 Å². The molecule has 0 aromatic heterocycles. The van der Waals surface area contributed by atoms with Gasteiger partial charge in [-0.1, -0.05) is 70.4 Å². The molecule has 1 unspecified atom stereocenters. The minimum atomic E-state index is -1.18. The van der Waals surface area contributed by atoms with Crippen LogP contribution in [0.3, 0.4) is 0 Å². The number of hydrogen-bond donors (Lipinski definition) is 2. The van der Waals surface area contributed by atoms with Crippen molar-refractivity contribution in [1.82, 2.24) is 0 Å². The lowest BCUT2D eigenvalue weighted by molar-refractivity contribution is -0.146. The van der Waals surface area contributed by atoms with Crippen molar-refractivity contribution < 1.29 is 15.0 Å². The molecule has 0 saturated heterocycles. The number of aliphatic hydroxyl groups is 1. The van der Waals surface area contributed by atoms with Gasteiger partial charge in [0.15, 0.2) is 6.10 Å². The fourth-order valence-electron chi connectivity index (χ4n) is 2.36. The highest BCUT2D eigenvalue weighted by molar-refractivity contribution is 5.71. The van der Waals surface area contributed by atoms with Gasteiger partial charge in [-0.15, -0.1) is 0 Å². The summed E-state index contributed by atoms with van der Waals surface area (Å²) in [6.45, 7) is 2.25. The topological polar surface area (TPSA) is 57.5 Å². The molecule has 3 nitrogen and oxygen atoms in total. The molecule has 124 valence electrons. The van der Waals surface area contributed by atoms with Crippen molar-refractivity contribution in [3.8, 4) is 0 Å². The van der Waals surface area contributed by atoms with Crippen molar-refractivity contribution in [2.45, 2.75) is 96.5 Å². The van der Waals surface area contributed by atoms with Crippen LogP contribution in [0.4, 0.5) is 0 Å². The summed E-state index contributed by atoms with van der Waals surface area (Å²) in [5, 5.41) is 17.6. The summed E-state index contributed by atoms with van der Waals surface area (Å²) in [4.78, 5) is 10.4. The zero-order chi connectivity index (χ0) is 15.8. The molecule has 0 fully saturated rings. The maximum atomic E-state index is 10.4. The highest BCUT2D eigenvalue weighted by Crippen LogP contribution is 2.10. The summed E-state index contributed by atoms with van der Waals surface area (Å²) in [6, 6.07) is 0. The number of rotatable bonds is 15. The number of carbonyl (C=O) groups is 1. The first-order valence-corrected chi connectivity index (χ1v) is 8.74. The van der Waals surface area contributed by atoms with E-state index in [1.807, 2.05) is 0 Å². The summed E-state index contributed by atoms with van der Waals surface area (Å²) in [5.41, 5.74) is 0. The molecule has 0 heterocycles. The van der Waals surface area contributed by atoms with Crippen LogP contribution in [0, 0.1) is 0 Å². The van der Waals surface area contributed by atoms with Gasteiger partial charge in [0.2, 0.25) is 0 Å². The number of allylic oxidation sites excluding steroid dienone is 2. The number of carboxylic acids is 1. The summed E-state index contributed by atoms with van der Waals surface area (Å²) in [5.74, 6) is -1.11. The second-order valence-electron chi connectivity index (χ2n) is 5.87. The number of unbranched alkanes of at least 4 members (excludes halogenated alkanes) is 10. The molecule has 0 aliphatic heterocycles. The van der Waals surface area contributed by atoms with Gasteiger partial charge in [0.05, 0.1) is 0 Å². The zero-order valence-electron chi connectivity index (χ0n) is 13.7. The number of aliphatic hydroxyl groups excluding tert-OH is 1. The fraction of sp³-hybridized carbons (Fsp3) is 0.833. The monoisotopic (exact) mass is 298 g/mol. The van der Waals surface area contributed by atoms with Crippen molar-refractivity contribution in [3.05, 3.63) is 12.2 Å². The molecule has 2 N–H and O–H groups in total. The van der Waals surface area contributed by atoms with E-state index in [9.17, 15) is 4.79 Å². The van der Waals surface area contributed by atoms with Gasteiger partial charge in [0.1, 0.15) is 0 Å². The Morgan fingerprint density at radius 2 is 1.33 bits per heavy atom. The molecule has 0 aliphatic carbocycles. The van der Waals surface area contributed by atoms with Crippen LogP contribution in [0.25, 0.3) is 0 Å². The summed E-state index contributed by atoms with van der Waals surface area (Å²) in [6.07, 6.45) is 18.3. The predicted molar refractivity (Wildman–Crippen MR) is 88.5 cm³/mol. The third kappa shape index (κ3) is 15.4. The van der Waals surface area contributed by atoms with Gasteiger partial charge >= 0.3 is 5.97 Å². The van der Waals surface area contributed by atoms with Crippen LogP contribution in [-0.4, -0.2) is 22.3 Å². The van der Waals surface area contributed by atoms with E-state index in [-0.39, 0.29) is 0 Å². The molecule has 21 heavy (non-hydrogen) atoms. The fourth-order valence-corrected chi connectivity index (χ4v) is 2.36. The summed E-state index contributed by atoms with van der Waals surface area (Å²) in [7, 11) is 0. The molecule has 0 bridgehead atoms. The maximum Gasteiger partial charge on any atom is 0.332 e. The molecule has 1 atom stereocenters. The standard InChI is InChI=1S/C18H34O3/c1-2-3-4-5-6-7-8-9-10-11-12-13-14-15-16-17(19)18(20)21/h10-11,17,19H,2-9,12-16H2,1H3,(H,20,21)/b11-10-. The predicted octanol–water partition coefficient (Wildman–Crippen LogP) is 5.08. The van der Waals surface area contributed by atoms with E-state index >= 15 is 0 Å². The highest BCUT2D eigenvalue weighted by Gasteiger charge is 2.11. The van der Waals surface area contributed by atoms with E-state index in [0.717, 1.165) is 25.7 Å². The SMILES string of the molecule is CCCCCCCCC/C=C\CCCCCC(O)C(=O)O. The van der Waals surface area contributed by atoms with Gasteiger partial charge in [-0.2, -0.15) is 0 Å². The summed E-state index contributed by atoms with van der Waals surface area (Å²) >= 11 is 0. The highest BCUT2D eigenvalue weighted by atomic mass is 16.4. The van der Waals surface area contributed by atoms with E-state index in [0.29, 0.717) is 6.42 Å². The van der Waals surface area contributed by atoms with Crippen LogP contribution in [-0.2, 0) is 4.79 Å². The van der Waals surface area contributed by atoms with Gasteiger partial charge in [0, 0.05) is 0 Å². The Morgan fingerprint density at radius 1 is 0.857 bits per heavy atom. The number of aliphatic carboxylic acids is 1. The quantitative estimate of drug-likeness (QED) is 0.327. The maximum absolute atomic E-state index is 10.4. The second-order valence-corrected chi connectivity index (χ2v) is 5.87. The third-order valence-electron chi connectivity index (χ3n) is 3.77. The van der Waals surface area contributed by atoms with Crippen LogP contribution in [0.2, 0.25) is 0 Å². The van der Waals surface area contributed by atoms with Gasteiger partial charge in [0.25, 0.3) is 0 Å². The Labute approximate surface area is 130 Å². The Morgan fingerprint density at radius 3 is 1.86 bits per heavy atom. The van der Waals surface area contributed by atoms with Crippen LogP contribution in [0.1, 0.15) is 90.4 Å². The van der Waals surface area contributed by atoms with Crippen LogP contribution < -0.4 is 0 Å². The minimum Gasteiger partial charge on any atom is -0.479 e. The average Bonchev–Trinajstić information content (AvgIpc) is 2.47. The Kier molecular flexibility index (Phi) is 14.9. The Bertz CT molecular complexity index is 261. The minimum absolute atomic E-state index is 0.372. The molecular weight excluding hydrogens is 264 g/mol. The van der Waals surface area contributed by atoms with Crippen LogP contribution in [0.5, 0.6) is 0 Å².